The lowest BCUT2D eigenvalue weighted by atomic mass is 10.2. The monoisotopic (exact) mass is 380 g/mol. The minimum atomic E-state index is -0.415. The first-order chi connectivity index (χ1) is 11.6. The SMILES string of the molecule is C[C@@H](Oc1ccc(Cl)cc1Cl)c1nnc(SCc2ccccc2)o1. The first kappa shape index (κ1) is 17.1. The summed E-state index contributed by atoms with van der Waals surface area (Å²) in [6, 6.07) is 15.1. The molecule has 0 bridgehead atoms. The van der Waals surface area contributed by atoms with Gasteiger partial charge in [-0.1, -0.05) is 65.3 Å². The van der Waals surface area contributed by atoms with E-state index in [0.29, 0.717) is 26.9 Å². The lowest BCUT2D eigenvalue weighted by Gasteiger charge is -2.12. The highest BCUT2D eigenvalue weighted by atomic mass is 35.5. The van der Waals surface area contributed by atoms with Crippen LogP contribution in [0.3, 0.4) is 0 Å². The highest BCUT2D eigenvalue weighted by molar-refractivity contribution is 7.98. The second-order valence-electron chi connectivity index (χ2n) is 5.02. The number of hydrogen-bond acceptors (Lipinski definition) is 5. The van der Waals surface area contributed by atoms with Crippen molar-refractivity contribution >= 4 is 35.0 Å². The van der Waals surface area contributed by atoms with E-state index in [2.05, 4.69) is 22.3 Å². The Bertz CT molecular complexity index is 811. The van der Waals surface area contributed by atoms with Gasteiger partial charge in [0.2, 0.25) is 0 Å². The number of hydrogen-bond donors (Lipinski definition) is 0. The average Bonchev–Trinajstić information content (AvgIpc) is 3.05. The first-order valence-electron chi connectivity index (χ1n) is 7.23. The molecule has 0 aliphatic carbocycles. The molecular formula is C17H14Cl2N2O2S. The van der Waals surface area contributed by atoms with Gasteiger partial charge in [0.05, 0.1) is 5.02 Å². The normalized spacial score (nSPS) is 12.1. The first-order valence-corrected chi connectivity index (χ1v) is 8.98. The van der Waals surface area contributed by atoms with Crippen LogP contribution in [0.2, 0.25) is 10.0 Å². The minimum Gasteiger partial charge on any atom is -0.479 e. The van der Waals surface area contributed by atoms with Gasteiger partial charge < -0.3 is 9.15 Å². The summed E-state index contributed by atoms with van der Waals surface area (Å²) < 4.78 is 11.4. The van der Waals surface area contributed by atoms with Gasteiger partial charge >= 0.3 is 0 Å². The van der Waals surface area contributed by atoms with E-state index in [9.17, 15) is 0 Å². The summed E-state index contributed by atoms with van der Waals surface area (Å²) in [5, 5.41) is 9.58. The molecule has 4 nitrogen and oxygen atoms in total. The second-order valence-corrected chi connectivity index (χ2v) is 6.79. The molecule has 0 radical (unpaired) electrons. The smallest absolute Gasteiger partial charge is 0.277 e. The molecule has 0 spiro atoms. The minimum absolute atomic E-state index is 0.400. The van der Waals surface area contributed by atoms with E-state index in [1.807, 2.05) is 25.1 Å². The van der Waals surface area contributed by atoms with Crippen LogP contribution in [0.25, 0.3) is 0 Å². The predicted octanol–water partition coefficient (Wildman–Crippen LogP) is 5.81. The van der Waals surface area contributed by atoms with E-state index >= 15 is 0 Å². The molecule has 124 valence electrons. The Morgan fingerprint density at radius 3 is 2.67 bits per heavy atom. The fourth-order valence-electron chi connectivity index (χ4n) is 1.97. The number of aromatic nitrogens is 2. The number of halogens is 2. The Morgan fingerprint density at radius 2 is 1.92 bits per heavy atom. The zero-order valence-corrected chi connectivity index (χ0v) is 15.1. The molecule has 1 atom stereocenters. The van der Waals surface area contributed by atoms with Crippen molar-refractivity contribution in [2.45, 2.75) is 24.0 Å². The molecule has 2 aromatic carbocycles. The van der Waals surface area contributed by atoms with Crippen molar-refractivity contribution in [2.75, 3.05) is 0 Å². The standard InChI is InChI=1S/C17H14Cl2N2O2S/c1-11(22-15-8-7-13(18)9-14(15)19)16-20-21-17(23-16)24-10-12-5-3-2-4-6-12/h2-9,11H,10H2,1H3/t11-/m1/s1. The van der Waals surface area contributed by atoms with Gasteiger partial charge in [-0.15, -0.1) is 10.2 Å². The number of benzene rings is 2. The average molecular weight is 381 g/mol. The van der Waals surface area contributed by atoms with Crippen molar-refractivity contribution in [3.8, 4) is 5.75 Å². The summed E-state index contributed by atoms with van der Waals surface area (Å²) in [5.74, 6) is 1.68. The molecule has 7 heteroatoms. The largest absolute Gasteiger partial charge is 0.479 e. The molecule has 0 aliphatic rings. The van der Waals surface area contributed by atoms with Crippen LogP contribution in [0.15, 0.2) is 58.2 Å². The fraction of sp³-hybridized carbons (Fsp3) is 0.176. The Morgan fingerprint density at radius 1 is 1.12 bits per heavy atom. The van der Waals surface area contributed by atoms with E-state index in [-0.39, 0.29) is 0 Å². The second kappa shape index (κ2) is 7.92. The van der Waals surface area contributed by atoms with Crippen LogP contribution in [-0.4, -0.2) is 10.2 Å². The molecule has 0 unspecified atom stereocenters. The summed E-state index contributed by atoms with van der Waals surface area (Å²) in [7, 11) is 0. The molecule has 1 aromatic heterocycles. The molecular weight excluding hydrogens is 367 g/mol. The number of rotatable bonds is 6. The Labute approximate surface area is 154 Å². The Kier molecular flexibility index (Phi) is 5.66. The molecule has 24 heavy (non-hydrogen) atoms. The van der Waals surface area contributed by atoms with Gasteiger partial charge in [-0.3, -0.25) is 0 Å². The number of thioether (sulfide) groups is 1. The van der Waals surface area contributed by atoms with Gasteiger partial charge in [0.1, 0.15) is 5.75 Å². The van der Waals surface area contributed by atoms with Gasteiger partial charge in [-0.05, 0) is 30.7 Å². The molecule has 3 rings (SSSR count). The van der Waals surface area contributed by atoms with Crippen molar-refractivity contribution < 1.29 is 9.15 Å². The van der Waals surface area contributed by atoms with Crippen LogP contribution in [0, 0.1) is 0 Å². The van der Waals surface area contributed by atoms with Crippen LogP contribution in [0.4, 0.5) is 0 Å². The van der Waals surface area contributed by atoms with E-state index < -0.39 is 6.10 Å². The third kappa shape index (κ3) is 4.44. The maximum atomic E-state index is 6.10. The molecule has 0 aliphatic heterocycles. The van der Waals surface area contributed by atoms with E-state index in [4.69, 9.17) is 32.4 Å². The summed E-state index contributed by atoms with van der Waals surface area (Å²) in [5.41, 5.74) is 1.19. The highest BCUT2D eigenvalue weighted by Gasteiger charge is 2.17. The van der Waals surface area contributed by atoms with Gasteiger partial charge in [-0.2, -0.15) is 0 Å². The number of ether oxygens (including phenoxy) is 1. The van der Waals surface area contributed by atoms with Crippen molar-refractivity contribution in [1.29, 1.82) is 0 Å². The van der Waals surface area contributed by atoms with Crippen LogP contribution in [-0.2, 0) is 5.75 Å². The van der Waals surface area contributed by atoms with Crippen LogP contribution < -0.4 is 4.74 Å². The molecule has 0 amide bonds. The maximum Gasteiger partial charge on any atom is 0.277 e. The van der Waals surface area contributed by atoms with Gasteiger partial charge in [-0.25, -0.2) is 0 Å². The van der Waals surface area contributed by atoms with Gasteiger partial charge in [0.15, 0.2) is 6.10 Å². The zero-order chi connectivity index (χ0) is 16.9. The van der Waals surface area contributed by atoms with E-state index in [1.165, 1.54) is 17.3 Å². The Hall–Kier alpha value is -1.69. The molecule has 3 aromatic rings. The third-order valence-electron chi connectivity index (χ3n) is 3.17. The summed E-state index contributed by atoms with van der Waals surface area (Å²) in [6.45, 7) is 1.82. The fourth-order valence-corrected chi connectivity index (χ4v) is 3.15. The molecule has 0 N–H and O–H groups in total. The van der Waals surface area contributed by atoms with Crippen molar-refractivity contribution in [1.82, 2.24) is 10.2 Å². The van der Waals surface area contributed by atoms with Gasteiger partial charge in [0, 0.05) is 10.8 Å². The molecule has 0 saturated heterocycles. The van der Waals surface area contributed by atoms with Crippen LogP contribution in [0.5, 0.6) is 5.75 Å². The number of nitrogens with zero attached hydrogens (tertiary/aromatic N) is 2. The lowest BCUT2D eigenvalue weighted by Crippen LogP contribution is -2.03. The van der Waals surface area contributed by atoms with Crippen molar-refractivity contribution in [3.63, 3.8) is 0 Å². The predicted molar refractivity (Wildman–Crippen MR) is 95.8 cm³/mol. The molecule has 0 fully saturated rings. The third-order valence-corrected chi connectivity index (χ3v) is 4.59. The Balaban J connectivity index is 1.62. The van der Waals surface area contributed by atoms with Crippen LogP contribution in [0.1, 0.15) is 24.5 Å². The maximum absolute atomic E-state index is 6.10. The van der Waals surface area contributed by atoms with Gasteiger partial charge in [0.25, 0.3) is 11.1 Å². The highest BCUT2D eigenvalue weighted by Crippen LogP contribution is 2.31. The topological polar surface area (TPSA) is 48.2 Å². The zero-order valence-electron chi connectivity index (χ0n) is 12.8. The van der Waals surface area contributed by atoms with E-state index in [0.717, 1.165) is 5.75 Å². The van der Waals surface area contributed by atoms with E-state index in [1.54, 1.807) is 18.2 Å². The summed E-state index contributed by atoms with van der Waals surface area (Å²) in [6.07, 6.45) is -0.415. The quantitative estimate of drug-likeness (QED) is 0.505. The molecule has 0 saturated carbocycles. The van der Waals surface area contributed by atoms with Crippen molar-refractivity contribution in [2.24, 2.45) is 0 Å². The van der Waals surface area contributed by atoms with Crippen molar-refractivity contribution in [3.05, 3.63) is 70.0 Å². The summed E-state index contributed by atoms with van der Waals surface area (Å²) >= 11 is 13.5. The summed E-state index contributed by atoms with van der Waals surface area (Å²) in [4.78, 5) is 0. The van der Waals surface area contributed by atoms with Crippen LogP contribution >= 0.6 is 35.0 Å². The molecule has 1 heterocycles. The lowest BCUT2D eigenvalue weighted by molar-refractivity contribution is 0.182.